The SMILES string of the molecule is CCC(O)(CC)[C@H](Cc1ccccc1)NC(=O)c1ccccc1. The van der Waals surface area contributed by atoms with Crippen molar-refractivity contribution < 1.29 is 9.90 Å². The van der Waals surface area contributed by atoms with Gasteiger partial charge < -0.3 is 10.4 Å². The summed E-state index contributed by atoms with van der Waals surface area (Å²) in [7, 11) is 0. The van der Waals surface area contributed by atoms with Crippen LogP contribution in [0.3, 0.4) is 0 Å². The van der Waals surface area contributed by atoms with Crippen LogP contribution in [0.5, 0.6) is 0 Å². The monoisotopic (exact) mass is 311 g/mol. The first-order valence-corrected chi connectivity index (χ1v) is 8.21. The molecule has 0 bridgehead atoms. The first kappa shape index (κ1) is 17.2. The maximum absolute atomic E-state index is 12.5. The standard InChI is InChI=1S/C20H25NO2/c1-3-20(23,4-2)18(15-16-11-7-5-8-12-16)21-19(22)17-13-9-6-10-14-17/h5-14,18,23H,3-4,15H2,1-2H3,(H,21,22)/t18-/m0/s1. The van der Waals surface area contributed by atoms with E-state index in [1.807, 2.05) is 62.4 Å². The van der Waals surface area contributed by atoms with Crippen molar-refractivity contribution in [2.75, 3.05) is 0 Å². The fraction of sp³-hybridized carbons (Fsp3) is 0.350. The van der Waals surface area contributed by atoms with Gasteiger partial charge in [-0.25, -0.2) is 0 Å². The Labute approximate surface area is 138 Å². The topological polar surface area (TPSA) is 49.3 Å². The van der Waals surface area contributed by atoms with Crippen molar-refractivity contribution in [2.24, 2.45) is 0 Å². The maximum atomic E-state index is 12.5. The smallest absolute Gasteiger partial charge is 0.251 e. The Bertz CT molecular complexity index is 606. The summed E-state index contributed by atoms with van der Waals surface area (Å²) < 4.78 is 0. The summed E-state index contributed by atoms with van der Waals surface area (Å²) in [4.78, 5) is 12.5. The molecule has 1 atom stereocenters. The van der Waals surface area contributed by atoms with Gasteiger partial charge in [-0.05, 0) is 37.0 Å². The van der Waals surface area contributed by atoms with Gasteiger partial charge in [0.2, 0.25) is 0 Å². The maximum Gasteiger partial charge on any atom is 0.251 e. The molecule has 0 unspecified atom stereocenters. The van der Waals surface area contributed by atoms with Crippen LogP contribution in [0.2, 0.25) is 0 Å². The third-order valence-electron chi connectivity index (χ3n) is 4.50. The molecule has 2 N–H and O–H groups in total. The highest BCUT2D eigenvalue weighted by Gasteiger charge is 2.34. The molecule has 0 saturated heterocycles. The van der Waals surface area contributed by atoms with E-state index in [9.17, 15) is 9.90 Å². The second kappa shape index (κ2) is 7.93. The minimum absolute atomic E-state index is 0.146. The summed E-state index contributed by atoms with van der Waals surface area (Å²) in [5, 5.41) is 14.0. The second-order valence-corrected chi connectivity index (χ2v) is 5.89. The Kier molecular flexibility index (Phi) is 5.94. The first-order chi connectivity index (χ1) is 11.1. The van der Waals surface area contributed by atoms with Gasteiger partial charge in [-0.15, -0.1) is 0 Å². The van der Waals surface area contributed by atoms with Crippen molar-refractivity contribution in [3.8, 4) is 0 Å². The van der Waals surface area contributed by atoms with Crippen molar-refractivity contribution in [3.63, 3.8) is 0 Å². The lowest BCUT2D eigenvalue weighted by atomic mass is 9.84. The van der Waals surface area contributed by atoms with Gasteiger partial charge in [-0.1, -0.05) is 62.4 Å². The molecule has 0 radical (unpaired) electrons. The molecule has 2 rings (SSSR count). The molecule has 122 valence electrons. The predicted molar refractivity (Wildman–Crippen MR) is 93.4 cm³/mol. The van der Waals surface area contributed by atoms with Crippen LogP contribution in [-0.4, -0.2) is 22.7 Å². The molecular weight excluding hydrogens is 286 g/mol. The van der Waals surface area contributed by atoms with E-state index in [2.05, 4.69) is 5.32 Å². The van der Waals surface area contributed by atoms with Crippen molar-refractivity contribution in [3.05, 3.63) is 71.8 Å². The van der Waals surface area contributed by atoms with Crippen LogP contribution < -0.4 is 5.32 Å². The summed E-state index contributed by atoms with van der Waals surface area (Å²) in [5.41, 5.74) is 0.798. The lowest BCUT2D eigenvalue weighted by Crippen LogP contribution is -2.53. The van der Waals surface area contributed by atoms with Gasteiger partial charge in [-0.3, -0.25) is 4.79 Å². The lowest BCUT2D eigenvalue weighted by molar-refractivity contribution is -0.00491. The van der Waals surface area contributed by atoms with Crippen LogP contribution in [0.4, 0.5) is 0 Å². The number of rotatable bonds is 7. The molecule has 0 fully saturated rings. The third kappa shape index (κ3) is 4.42. The molecule has 0 aliphatic carbocycles. The Morgan fingerprint density at radius 3 is 2.04 bits per heavy atom. The van der Waals surface area contributed by atoms with Gasteiger partial charge in [0.05, 0.1) is 11.6 Å². The van der Waals surface area contributed by atoms with Gasteiger partial charge >= 0.3 is 0 Å². The number of benzene rings is 2. The minimum atomic E-state index is -0.916. The molecule has 0 saturated carbocycles. The average molecular weight is 311 g/mol. The number of nitrogens with one attached hydrogen (secondary N) is 1. The average Bonchev–Trinajstić information content (AvgIpc) is 2.62. The highest BCUT2D eigenvalue weighted by molar-refractivity contribution is 5.94. The predicted octanol–water partition coefficient (Wildman–Crippen LogP) is 3.58. The molecule has 0 aliphatic rings. The van der Waals surface area contributed by atoms with Gasteiger partial charge in [0.1, 0.15) is 0 Å². The second-order valence-electron chi connectivity index (χ2n) is 5.89. The summed E-state index contributed by atoms with van der Waals surface area (Å²) in [6.45, 7) is 3.91. The molecular formula is C20H25NO2. The molecule has 0 aliphatic heterocycles. The number of amides is 1. The van der Waals surface area contributed by atoms with Crippen molar-refractivity contribution in [2.45, 2.75) is 44.8 Å². The Balaban J connectivity index is 2.21. The van der Waals surface area contributed by atoms with Crippen LogP contribution in [0.25, 0.3) is 0 Å². The van der Waals surface area contributed by atoms with Crippen LogP contribution in [0, 0.1) is 0 Å². The normalized spacial score (nSPS) is 12.7. The van der Waals surface area contributed by atoms with Crippen molar-refractivity contribution in [1.29, 1.82) is 0 Å². The first-order valence-electron chi connectivity index (χ1n) is 8.21. The van der Waals surface area contributed by atoms with E-state index in [-0.39, 0.29) is 11.9 Å². The highest BCUT2D eigenvalue weighted by atomic mass is 16.3. The Hall–Kier alpha value is -2.13. The highest BCUT2D eigenvalue weighted by Crippen LogP contribution is 2.23. The molecule has 0 heterocycles. The van der Waals surface area contributed by atoms with Crippen molar-refractivity contribution in [1.82, 2.24) is 5.32 Å². The number of carbonyl (C=O) groups excluding carboxylic acids is 1. The Morgan fingerprint density at radius 1 is 1.00 bits per heavy atom. The van der Waals surface area contributed by atoms with Gasteiger partial charge in [0, 0.05) is 5.56 Å². The van der Waals surface area contributed by atoms with Crippen LogP contribution in [-0.2, 0) is 6.42 Å². The molecule has 1 amide bonds. The zero-order valence-electron chi connectivity index (χ0n) is 13.8. The van der Waals surface area contributed by atoms with E-state index in [4.69, 9.17) is 0 Å². The van der Waals surface area contributed by atoms with E-state index in [1.54, 1.807) is 12.1 Å². The van der Waals surface area contributed by atoms with E-state index >= 15 is 0 Å². The van der Waals surface area contributed by atoms with Gasteiger partial charge in [0.15, 0.2) is 0 Å². The fourth-order valence-corrected chi connectivity index (χ4v) is 2.80. The van der Waals surface area contributed by atoms with Gasteiger partial charge in [-0.2, -0.15) is 0 Å². The number of aliphatic hydroxyl groups is 1. The zero-order chi connectivity index (χ0) is 16.7. The molecule has 2 aromatic carbocycles. The molecule has 2 aromatic rings. The van der Waals surface area contributed by atoms with E-state index in [0.717, 1.165) is 5.56 Å². The number of carbonyl (C=O) groups is 1. The van der Waals surface area contributed by atoms with E-state index in [1.165, 1.54) is 0 Å². The molecule has 0 aromatic heterocycles. The lowest BCUT2D eigenvalue weighted by Gasteiger charge is -2.35. The van der Waals surface area contributed by atoms with Crippen LogP contribution >= 0.6 is 0 Å². The van der Waals surface area contributed by atoms with Crippen LogP contribution in [0.1, 0.15) is 42.6 Å². The number of hydrogen-bond acceptors (Lipinski definition) is 2. The van der Waals surface area contributed by atoms with Crippen molar-refractivity contribution >= 4 is 5.91 Å². The number of hydrogen-bond donors (Lipinski definition) is 2. The van der Waals surface area contributed by atoms with E-state index in [0.29, 0.717) is 24.8 Å². The summed E-state index contributed by atoms with van der Waals surface area (Å²) in [6, 6.07) is 18.8. The molecule has 3 heteroatoms. The van der Waals surface area contributed by atoms with Crippen LogP contribution in [0.15, 0.2) is 60.7 Å². The summed E-state index contributed by atoms with van der Waals surface area (Å²) in [5.74, 6) is -0.146. The molecule has 3 nitrogen and oxygen atoms in total. The summed E-state index contributed by atoms with van der Waals surface area (Å²) in [6.07, 6.45) is 1.80. The quantitative estimate of drug-likeness (QED) is 0.821. The Morgan fingerprint density at radius 2 is 1.52 bits per heavy atom. The van der Waals surface area contributed by atoms with E-state index < -0.39 is 5.60 Å². The summed E-state index contributed by atoms with van der Waals surface area (Å²) >= 11 is 0. The van der Waals surface area contributed by atoms with Gasteiger partial charge in [0.25, 0.3) is 5.91 Å². The fourth-order valence-electron chi connectivity index (χ4n) is 2.80. The zero-order valence-corrected chi connectivity index (χ0v) is 13.8. The largest absolute Gasteiger partial charge is 0.388 e. The third-order valence-corrected chi connectivity index (χ3v) is 4.50. The molecule has 0 spiro atoms. The minimum Gasteiger partial charge on any atom is -0.388 e. The molecule has 23 heavy (non-hydrogen) atoms.